The number of aromatic amines is 1. The lowest BCUT2D eigenvalue weighted by Crippen LogP contribution is -2.43. The van der Waals surface area contributed by atoms with Crippen LogP contribution in [0.5, 0.6) is 0 Å². The van der Waals surface area contributed by atoms with Crippen molar-refractivity contribution in [1.29, 1.82) is 0 Å². The molecule has 1 aliphatic carbocycles. The van der Waals surface area contributed by atoms with E-state index in [1.54, 1.807) is 0 Å². The van der Waals surface area contributed by atoms with Gasteiger partial charge in [-0.2, -0.15) is 0 Å². The Bertz CT molecular complexity index is 1170. The number of hydrogen-bond acceptors (Lipinski definition) is 5. The number of aryl methyl sites for hydroxylation is 1. The van der Waals surface area contributed by atoms with Crippen LogP contribution in [-0.2, 0) is 13.0 Å². The van der Waals surface area contributed by atoms with Crippen molar-refractivity contribution in [3.05, 3.63) is 51.1 Å². The largest absolute Gasteiger partial charge is 0.351 e. The van der Waals surface area contributed by atoms with Crippen molar-refractivity contribution < 1.29 is 9.59 Å². The smallest absolute Gasteiger partial charge is 0.305 e. The molecule has 0 radical (unpaired) electrons. The monoisotopic (exact) mass is 435 g/mol. The van der Waals surface area contributed by atoms with E-state index in [2.05, 4.69) is 31.7 Å². The molecule has 3 N–H and O–H groups in total. The minimum absolute atomic E-state index is 0.170. The molecular formula is C23H25N5O2S. The van der Waals surface area contributed by atoms with E-state index in [0.29, 0.717) is 10.7 Å². The van der Waals surface area contributed by atoms with Crippen LogP contribution in [0.4, 0.5) is 0 Å². The van der Waals surface area contributed by atoms with Crippen LogP contribution >= 0.6 is 11.3 Å². The van der Waals surface area contributed by atoms with Gasteiger partial charge < -0.3 is 15.6 Å². The van der Waals surface area contributed by atoms with Crippen LogP contribution in [0.15, 0.2) is 29.3 Å². The number of carbonyl (C=O) groups excluding carboxylic acids is 2. The summed E-state index contributed by atoms with van der Waals surface area (Å²) >= 11 is 1.42. The molecule has 2 aliphatic rings. The van der Waals surface area contributed by atoms with Crippen molar-refractivity contribution in [2.45, 2.75) is 51.6 Å². The van der Waals surface area contributed by atoms with Crippen molar-refractivity contribution in [2.75, 3.05) is 6.54 Å². The molecule has 0 unspecified atom stereocenters. The summed E-state index contributed by atoms with van der Waals surface area (Å²) in [5, 5.41) is 7.85. The average molecular weight is 436 g/mol. The van der Waals surface area contributed by atoms with Crippen LogP contribution < -0.4 is 10.6 Å². The van der Waals surface area contributed by atoms with Gasteiger partial charge in [0, 0.05) is 41.0 Å². The first kappa shape index (κ1) is 20.1. The molecule has 1 aromatic carbocycles. The molecule has 8 heteroatoms. The second-order valence-electron chi connectivity index (χ2n) is 8.27. The van der Waals surface area contributed by atoms with E-state index in [1.165, 1.54) is 11.3 Å². The van der Waals surface area contributed by atoms with Gasteiger partial charge in [-0.15, -0.1) is 11.3 Å². The summed E-state index contributed by atoms with van der Waals surface area (Å²) < 4.78 is 0. The number of benzene rings is 1. The third kappa shape index (κ3) is 4.18. The summed E-state index contributed by atoms with van der Waals surface area (Å²) in [6, 6.07) is 7.70. The van der Waals surface area contributed by atoms with E-state index in [9.17, 15) is 9.59 Å². The molecule has 1 fully saturated rings. The quantitative estimate of drug-likeness (QED) is 0.586. The molecule has 3 aromatic rings. The van der Waals surface area contributed by atoms with Gasteiger partial charge in [-0.05, 0) is 44.4 Å². The van der Waals surface area contributed by atoms with Crippen molar-refractivity contribution in [3.63, 3.8) is 0 Å². The zero-order chi connectivity index (χ0) is 21.4. The molecule has 2 amide bonds. The van der Waals surface area contributed by atoms with Crippen LogP contribution in [0.25, 0.3) is 10.9 Å². The standard InChI is InChI=1S/C23H25N5O2S/c1-13-6-7-15-14(10-13)11-19(25-15)21(29)26-16-4-2-3-5-17(16)27-22(30)23-28-18-8-9-24-12-20(18)31-23/h6-7,10-11,16,24-25H,2-5,8-9,12H2,1H3,(H,26,29)/b27-17+/t16-/m0/s1. The highest BCUT2D eigenvalue weighted by Crippen LogP contribution is 2.24. The molecule has 0 saturated heterocycles. The van der Waals surface area contributed by atoms with Crippen LogP contribution in [0, 0.1) is 6.92 Å². The number of hydrogen-bond donors (Lipinski definition) is 3. The maximum Gasteiger partial charge on any atom is 0.305 e. The fraction of sp³-hybridized carbons (Fsp3) is 0.391. The topological polar surface area (TPSA) is 99.2 Å². The number of H-pyrrole nitrogens is 1. The first-order valence-electron chi connectivity index (χ1n) is 10.8. The van der Waals surface area contributed by atoms with Crippen LogP contribution in [0.3, 0.4) is 0 Å². The minimum Gasteiger partial charge on any atom is -0.351 e. The zero-order valence-corrected chi connectivity index (χ0v) is 18.3. The first-order chi connectivity index (χ1) is 15.1. The molecule has 5 rings (SSSR count). The van der Waals surface area contributed by atoms with Gasteiger partial charge in [-0.1, -0.05) is 18.1 Å². The number of aliphatic imine (C=N–C) groups is 1. The maximum absolute atomic E-state index is 12.9. The summed E-state index contributed by atoms with van der Waals surface area (Å²) in [6.07, 6.45) is 4.33. The third-order valence-electron chi connectivity index (χ3n) is 5.93. The van der Waals surface area contributed by atoms with Crippen LogP contribution in [0.2, 0.25) is 0 Å². The van der Waals surface area contributed by atoms with Gasteiger partial charge in [0.15, 0.2) is 5.01 Å². The van der Waals surface area contributed by atoms with E-state index in [0.717, 1.165) is 77.9 Å². The lowest BCUT2D eigenvalue weighted by atomic mass is 9.93. The molecule has 2 aromatic heterocycles. The molecule has 160 valence electrons. The number of fused-ring (bicyclic) bond motifs is 2. The van der Waals surface area contributed by atoms with Crippen molar-refractivity contribution in [1.82, 2.24) is 20.6 Å². The number of carbonyl (C=O) groups is 2. The third-order valence-corrected chi connectivity index (χ3v) is 7.02. The number of thiazole rings is 1. The van der Waals surface area contributed by atoms with Gasteiger partial charge in [-0.3, -0.25) is 9.59 Å². The molecule has 1 aliphatic heterocycles. The average Bonchev–Trinajstić information content (AvgIpc) is 3.39. The number of amides is 2. The predicted molar refractivity (Wildman–Crippen MR) is 122 cm³/mol. The Hall–Kier alpha value is -2.84. The SMILES string of the molecule is Cc1ccc2[nH]c(C(=O)N[C@H]3CCCC/C3=N\C(=O)c3nc4c(s3)CNCC4)cc2c1. The van der Waals surface area contributed by atoms with Gasteiger partial charge >= 0.3 is 5.91 Å². The van der Waals surface area contributed by atoms with E-state index in [-0.39, 0.29) is 17.9 Å². The van der Waals surface area contributed by atoms with Gasteiger partial charge in [0.25, 0.3) is 5.91 Å². The lowest BCUT2D eigenvalue weighted by Gasteiger charge is -2.24. The molecule has 1 atom stereocenters. The van der Waals surface area contributed by atoms with Gasteiger partial charge in [0.1, 0.15) is 5.69 Å². The Morgan fingerprint density at radius 3 is 3.00 bits per heavy atom. The van der Waals surface area contributed by atoms with Gasteiger partial charge in [0.05, 0.1) is 11.7 Å². The van der Waals surface area contributed by atoms with E-state index < -0.39 is 0 Å². The molecule has 0 spiro atoms. The number of nitrogens with zero attached hydrogens (tertiary/aromatic N) is 2. The van der Waals surface area contributed by atoms with Crippen molar-refractivity contribution in [3.8, 4) is 0 Å². The first-order valence-corrected chi connectivity index (χ1v) is 11.6. The van der Waals surface area contributed by atoms with Crippen LogP contribution in [-0.4, -0.2) is 40.1 Å². The second kappa shape index (κ2) is 8.36. The fourth-order valence-electron chi connectivity index (χ4n) is 4.29. The molecule has 0 bridgehead atoms. The Morgan fingerprint density at radius 2 is 2.13 bits per heavy atom. The summed E-state index contributed by atoms with van der Waals surface area (Å²) in [5.74, 6) is -0.465. The fourth-order valence-corrected chi connectivity index (χ4v) is 5.25. The number of nitrogens with one attached hydrogen (secondary N) is 3. The lowest BCUT2D eigenvalue weighted by molar-refractivity contribution is 0.0935. The molecular weight excluding hydrogens is 410 g/mol. The summed E-state index contributed by atoms with van der Waals surface area (Å²) in [6.45, 7) is 3.68. The van der Waals surface area contributed by atoms with Gasteiger partial charge in [-0.25, -0.2) is 9.98 Å². The van der Waals surface area contributed by atoms with Crippen LogP contribution in [0.1, 0.15) is 62.1 Å². The van der Waals surface area contributed by atoms with E-state index in [1.807, 2.05) is 25.1 Å². The highest BCUT2D eigenvalue weighted by Gasteiger charge is 2.26. The van der Waals surface area contributed by atoms with E-state index in [4.69, 9.17) is 0 Å². The highest BCUT2D eigenvalue weighted by atomic mass is 32.1. The molecule has 7 nitrogen and oxygen atoms in total. The Morgan fingerprint density at radius 1 is 1.23 bits per heavy atom. The normalized spacial score (nSPS) is 20.0. The second-order valence-corrected chi connectivity index (χ2v) is 9.35. The Kier molecular flexibility index (Phi) is 5.41. The minimum atomic E-state index is -0.295. The Balaban J connectivity index is 1.34. The number of rotatable bonds is 3. The predicted octanol–water partition coefficient (Wildman–Crippen LogP) is 3.53. The number of aromatic nitrogens is 2. The zero-order valence-electron chi connectivity index (χ0n) is 17.5. The molecule has 31 heavy (non-hydrogen) atoms. The summed E-state index contributed by atoms with van der Waals surface area (Å²) in [7, 11) is 0. The van der Waals surface area contributed by atoms with E-state index >= 15 is 0 Å². The highest BCUT2D eigenvalue weighted by molar-refractivity contribution is 7.13. The summed E-state index contributed by atoms with van der Waals surface area (Å²) in [5.41, 5.74) is 4.37. The summed E-state index contributed by atoms with van der Waals surface area (Å²) in [4.78, 5) is 38.9. The van der Waals surface area contributed by atoms with Gasteiger partial charge in [0.2, 0.25) is 0 Å². The molecule has 1 saturated carbocycles. The maximum atomic E-state index is 12.9. The van der Waals surface area contributed by atoms with Crippen molar-refractivity contribution in [2.24, 2.45) is 4.99 Å². The molecule has 3 heterocycles. The van der Waals surface area contributed by atoms with Crippen molar-refractivity contribution >= 4 is 39.8 Å². The Labute approximate surface area is 184 Å².